The van der Waals surface area contributed by atoms with Gasteiger partial charge in [0.05, 0.1) is 22.1 Å². The van der Waals surface area contributed by atoms with Gasteiger partial charge in [-0.05, 0) is 65.3 Å². The summed E-state index contributed by atoms with van der Waals surface area (Å²) in [5.41, 5.74) is 8.96. The first-order chi connectivity index (χ1) is 15.5. The second-order valence-electron chi connectivity index (χ2n) is 9.61. The van der Waals surface area contributed by atoms with Crippen LogP contribution in [-0.2, 0) is 0 Å². The molecule has 2 nitrogen and oxygen atoms in total. The summed E-state index contributed by atoms with van der Waals surface area (Å²) in [6, 6.07) is 22.8. The Balaban J connectivity index is 1.88. The summed E-state index contributed by atoms with van der Waals surface area (Å²) in [6.45, 7) is 8.98. The highest BCUT2D eigenvalue weighted by Gasteiger charge is 2.21. The molecule has 0 atom stereocenters. The lowest BCUT2D eigenvalue weighted by Gasteiger charge is -2.16. The van der Waals surface area contributed by atoms with E-state index in [1.165, 1.54) is 70.9 Å². The molecule has 0 unspecified atom stereocenters. The van der Waals surface area contributed by atoms with Crippen LogP contribution in [0.3, 0.4) is 0 Å². The Morgan fingerprint density at radius 1 is 0.719 bits per heavy atom. The van der Waals surface area contributed by atoms with Gasteiger partial charge in [0.25, 0.3) is 0 Å². The molecular formula is C30H24N2. The number of hydrogen-bond donors (Lipinski definition) is 0. The zero-order valence-corrected chi connectivity index (χ0v) is 18.8. The van der Waals surface area contributed by atoms with E-state index >= 15 is 0 Å². The van der Waals surface area contributed by atoms with E-state index in [2.05, 4.69) is 92.8 Å². The highest BCUT2D eigenvalue weighted by molar-refractivity contribution is 6.28. The summed E-state index contributed by atoms with van der Waals surface area (Å²) in [4.78, 5) is 4.93. The van der Waals surface area contributed by atoms with Gasteiger partial charge < -0.3 is 4.40 Å². The van der Waals surface area contributed by atoms with E-state index in [0.29, 0.717) is 5.92 Å². The fourth-order valence-corrected chi connectivity index (χ4v) is 5.74. The van der Waals surface area contributed by atoms with Crippen LogP contribution in [-0.4, -0.2) is 9.38 Å². The maximum absolute atomic E-state index is 4.93. The van der Waals surface area contributed by atoms with Crippen molar-refractivity contribution in [2.75, 3.05) is 0 Å². The number of fused-ring (bicyclic) bond motifs is 7. The Bertz CT molecular complexity index is 1870. The summed E-state index contributed by atoms with van der Waals surface area (Å²) < 4.78 is 2.53. The Morgan fingerprint density at radius 2 is 1.53 bits per heavy atom. The van der Waals surface area contributed by atoms with E-state index in [1.54, 1.807) is 0 Å². The van der Waals surface area contributed by atoms with Crippen molar-refractivity contribution in [1.29, 1.82) is 0 Å². The summed E-state index contributed by atoms with van der Waals surface area (Å²) in [5.74, 6) is 0.489. The summed E-state index contributed by atoms with van der Waals surface area (Å²) >= 11 is 0. The molecule has 7 rings (SSSR count). The van der Waals surface area contributed by atoms with Crippen LogP contribution in [0.1, 0.15) is 36.5 Å². The predicted molar refractivity (Wildman–Crippen MR) is 137 cm³/mol. The van der Waals surface area contributed by atoms with Crippen LogP contribution in [0.5, 0.6) is 0 Å². The highest BCUT2D eigenvalue weighted by atomic mass is 14.9. The molecule has 0 saturated carbocycles. The van der Waals surface area contributed by atoms with Gasteiger partial charge in [-0.1, -0.05) is 61.9 Å². The van der Waals surface area contributed by atoms with Gasteiger partial charge in [-0.25, -0.2) is 0 Å². The standard InChI is InChI=1S/C30H24N2/c1-16(2)20-7-9-23-24-10-6-19-11-12-31-28-25-14-21-13-17(3)5-8-22(21)18(4)29(25)32(26(23)15-20)30(24)27(19)28/h5-16H,1-4H3. The molecule has 0 spiro atoms. The van der Waals surface area contributed by atoms with Gasteiger partial charge in [0.1, 0.15) is 0 Å². The molecule has 4 aromatic carbocycles. The number of pyridine rings is 2. The molecule has 0 aliphatic heterocycles. The van der Waals surface area contributed by atoms with Gasteiger partial charge in [0.15, 0.2) is 0 Å². The fraction of sp³-hybridized carbons (Fsp3) is 0.167. The molecule has 32 heavy (non-hydrogen) atoms. The number of aryl methyl sites for hydroxylation is 2. The molecule has 0 aliphatic rings. The van der Waals surface area contributed by atoms with Crippen LogP contribution < -0.4 is 0 Å². The number of nitrogens with zero attached hydrogens (tertiary/aromatic N) is 2. The van der Waals surface area contributed by atoms with E-state index in [4.69, 9.17) is 4.98 Å². The van der Waals surface area contributed by atoms with E-state index < -0.39 is 0 Å². The molecule has 2 heteroatoms. The Hall–Kier alpha value is -3.65. The van der Waals surface area contributed by atoms with Crippen molar-refractivity contribution >= 4 is 59.8 Å². The molecule has 0 bridgehead atoms. The Labute approximate surface area is 186 Å². The quantitative estimate of drug-likeness (QED) is 0.196. The first-order valence-corrected chi connectivity index (χ1v) is 11.4. The van der Waals surface area contributed by atoms with Crippen molar-refractivity contribution in [1.82, 2.24) is 9.38 Å². The van der Waals surface area contributed by atoms with Crippen molar-refractivity contribution in [3.63, 3.8) is 0 Å². The summed E-state index contributed by atoms with van der Waals surface area (Å²) in [5, 5.41) is 8.99. The second-order valence-corrected chi connectivity index (χ2v) is 9.61. The number of hydrogen-bond acceptors (Lipinski definition) is 1. The van der Waals surface area contributed by atoms with E-state index in [1.807, 2.05) is 6.20 Å². The third-order valence-electron chi connectivity index (χ3n) is 7.35. The van der Waals surface area contributed by atoms with Crippen molar-refractivity contribution < 1.29 is 0 Å². The number of benzene rings is 4. The van der Waals surface area contributed by atoms with Crippen molar-refractivity contribution in [3.8, 4) is 0 Å². The maximum Gasteiger partial charge on any atom is 0.0823 e. The van der Waals surface area contributed by atoms with Crippen LogP contribution in [0, 0.1) is 13.8 Å². The lowest BCUT2D eigenvalue weighted by molar-refractivity contribution is 0.868. The van der Waals surface area contributed by atoms with E-state index in [0.717, 1.165) is 5.52 Å². The first kappa shape index (κ1) is 18.0. The molecule has 0 fully saturated rings. The lowest BCUT2D eigenvalue weighted by atomic mass is 9.96. The average molecular weight is 413 g/mol. The minimum absolute atomic E-state index is 0.489. The predicted octanol–water partition coefficient (Wildman–Crippen LogP) is 8.28. The summed E-state index contributed by atoms with van der Waals surface area (Å²) in [6.07, 6.45) is 1.96. The second kappa shape index (κ2) is 5.98. The minimum atomic E-state index is 0.489. The lowest BCUT2D eigenvalue weighted by Crippen LogP contribution is -1.97. The molecular weight excluding hydrogens is 388 g/mol. The summed E-state index contributed by atoms with van der Waals surface area (Å²) in [7, 11) is 0. The molecule has 0 N–H and O–H groups in total. The van der Waals surface area contributed by atoms with Crippen LogP contribution in [0.15, 0.2) is 66.9 Å². The number of aromatic nitrogens is 2. The number of rotatable bonds is 1. The van der Waals surface area contributed by atoms with Crippen molar-refractivity contribution in [2.45, 2.75) is 33.6 Å². The monoisotopic (exact) mass is 412 g/mol. The van der Waals surface area contributed by atoms with Gasteiger partial charge in [0.2, 0.25) is 0 Å². The van der Waals surface area contributed by atoms with E-state index in [9.17, 15) is 0 Å². The zero-order chi connectivity index (χ0) is 21.7. The van der Waals surface area contributed by atoms with Crippen LogP contribution in [0.2, 0.25) is 0 Å². The normalized spacial score (nSPS) is 12.7. The van der Waals surface area contributed by atoms with Gasteiger partial charge in [0, 0.05) is 27.7 Å². The van der Waals surface area contributed by atoms with Crippen molar-refractivity contribution in [2.24, 2.45) is 0 Å². The van der Waals surface area contributed by atoms with Gasteiger partial charge in [-0.2, -0.15) is 0 Å². The van der Waals surface area contributed by atoms with Gasteiger partial charge in [-0.3, -0.25) is 4.98 Å². The first-order valence-electron chi connectivity index (χ1n) is 11.4. The molecule has 0 radical (unpaired) electrons. The molecule has 0 aliphatic carbocycles. The molecule has 7 aromatic rings. The molecule has 3 aromatic heterocycles. The smallest absolute Gasteiger partial charge is 0.0823 e. The average Bonchev–Trinajstić information content (AvgIpc) is 3.12. The largest absolute Gasteiger partial charge is 0.308 e. The SMILES string of the molecule is Cc1ccc2c(C)c3c(cc2c1)c1nccc2ccc4c5ccc(C(C)C)cc5n3c4c21. The molecule has 154 valence electrons. The van der Waals surface area contributed by atoms with E-state index in [-0.39, 0.29) is 0 Å². The van der Waals surface area contributed by atoms with Crippen molar-refractivity contribution in [3.05, 3.63) is 83.6 Å². The molecule has 3 heterocycles. The highest BCUT2D eigenvalue weighted by Crippen LogP contribution is 2.43. The zero-order valence-electron chi connectivity index (χ0n) is 18.8. The maximum atomic E-state index is 4.93. The van der Waals surface area contributed by atoms with Gasteiger partial charge in [-0.15, -0.1) is 0 Å². The Morgan fingerprint density at radius 3 is 2.38 bits per heavy atom. The Kier molecular flexibility index (Phi) is 3.36. The molecule has 0 amide bonds. The molecule has 0 saturated heterocycles. The topological polar surface area (TPSA) is 17.3 Å². The third-order valence-corrected chi connectivity index (χ3v) is 7.35. The fourth-order valence-electron chi connectivity index (χ4n) is 5.74. The third kappa shape index (κ3) is 2.12. The minimum Gasteiger partial charge on any atom is -0.308 e. The van der Waals surface area contributed by atoms with Crippen LogP contribution in [0.25, 0.3) is 59.8 Å². The van der Waals surface area contributed by atoms with Crippen LogP contribution >= 0.6 is 0 Å². The van der Waals surface area contributed by atoms with Gasteiger partial charge >= 0.3 is 0 Å². The van der Waals surface area contributed by atoms with Crippen LogP contribution in [0.4, 0.5) is 0 Å².